The molecule has 0 fully saturated rings. The number of carbonyl (C=O) groups is 5. The molecule has 6 aromatic carbocycles. The maximum absolute atomic E-state index is 11.9. The van der Waals surface area contributed by atoms with Crippen LogP contribution in [0.4, 0.5) is 0 Å². The molecule has 0 N–H and O–H groups in total. The van der Waals surface area contributed by atoms with E-state index in [4.69, 9.17) is 23.7 Å². The average molecular weight is 911 g/mol. The zero-order chi connectivity index (χ0) is 49.5. The van der Waals surface area contributed by atoms with Crippen LogP contribution in [0.15, 0.2) is 182 Å². The van der Waals surface area contributed by atoms with E-state index in [9.17, 15) is 24.0 Å². The third-order valence-electron chi connectivity index (χ3n) is 10.3. The number of hydrogen-bond donors (Lipinski definition) is 0. The zero-order valence-electron chi connectivity index (χ0n) is 39.2. The van der Waals surface area contributed by atoms with Gasteiger partial charge in [-0.3, -0.25) is 0 Å². The molecule has 0 unspecified atom stereocenters. The van der Waals surface area contributed by atoms with Gasteiger partial charge in [-0.05, 0) is 145 Å². The van der Waals surface area contributed by atoms with Gasteiger partial charge in [0.2, 0.25) is 0 Å². The summed E-state index contributed by atoms with van der Waals surface area (Å²) >= 11 is 0. The van der Waals surface area contributed by atoms with Crippen molar-refractivity contribution in [2.24, 2.45) is 0 Å². The second-order valence-electron chi connectivity index (χ2n) is 15.9. The lowest BCUT2D eigenvalue weighted by Crippen LogP contribution is -2.18. The van der Waals surface area contributed by atoms with Crippen LogP contribution in [0.25, 0.3) is 44.5 Å². The minimum atomic E-state index is -0.671. The van der Waals surface area contributed by atoms with Crippen molar-refractivity contribution in [1.82, 2.24) is 0 Å². The van der Waals surface area contributed by atoms with E-state index in [2.05, 4.69) is 70.5 Å². The normalized spacial score (nSPS) is 10.3. The molecule has 0 saturated carbocycles. The van der Waals surface area contributed by atoms with Crippen molar-refractivity contribution in [3.8, 4) is 67.5 Å². The summed E-state index contributed by atoms with van der Waals surface area (Å²) in [5, 5.41) is 0. The fourth-order valence-electron chi connectivity index (χ4n) is 6.52. The number of carbonyl (C=O) groups excluding carboxylic acids is 5. The summed E-state index contributed by atoms with van der Waals surface area (Å²) in [4.78, 5) is 58.4. The smallest absolute Gasteiger partial charge is 0.349 e. The van der Waals surface area contributed by atoms with Gasteiger partial charge in [0.25, 0.3) is 0 Å². The van der Waals surface area contributed by atoms with E-state index in [0.717, 1.165) is 62.9 Å². The maximum atomic E-state index is 11.9. The van der Waals surface area contributed by atoms with Crippen molar-refractivity contribution < 1.29 is 47.7 Å². The molecule has 0 amide bonds. The van der Waals surface area contributed by atoms with Crippen LogP contribution in [-0.2, 0) is 41.6 Å². The van der Waals surface area contributed by atoms with Gasteiger partial charge >= 0.3 is 29.8 Å². The predicted molar refractivity (Wildman–Crippen MR) is 266 cm³/mol. The van der Waals surface area contributed by atoms with Crippen LogP contribution in [-0.4, -0.2) is 36.5 Å². The Bertz CT molecular complexity index is 2870. The highest BCUT2D eigenvalue weighted by atomic mass is 16.6. The molecule has 0 aliphatic rings. The van der Waals surface area contributed by atoms with Gasteiger partial charge in [0.1, 0.15) is 23.0 Å². The zero-order valence-corrected chi connectivity index (χ0v) is 39.2. The molecule has 68 heavy (non-hydrogen) atoms. The van der Waals surface area contributed by atoms with Crippen molar-refractivity contribution in [1.29, 1.82) is 0 Å². The molecule has 6 aromatic rings. The predicted octanol–water partition coefficient (Wildman–Crippen LogP) is 12.6. The summed E-state index contributed by atoms with van der Waals surface area (Å²) in [6, 6.07) is 41.9. The topological polar surface area (TPSA) is 132 Å². The molecule has 0 spiro atoms. The number of rotatable bonds is 16. The summed E-state index contributed by atoms with van der Waals surface area (Å²) in [5.74, 6) is -0.827. The Hall–Kier alpha value is -8.37. The molecule has 0 bridgehead atoms. The van der Waals surface area contributed by atoms with E-state index in [1.807, 2.05) is 54.6 Å². The Labute approximate surface area is 397 Å². The second kappa shape index (κ2) is 23.7. The Morgan fingerprint density at radius 2 is 0.647 bits per heavy atom. The van der Waals surface area contributed by atoms with Crippen molar-refractivity contribution in [3.63, 3.8) is 0 Å². The molecule has 346 valence electrons. The molecule has 0 atom stereocenters. The van der Waals surface area contributed by atoms with E-state index in [1.165, 1.54) is 12.5 Å². The van der Waals surface area contributed by atoms with Gasteiger partial charge in [-0.2, -0.15) is 0 Å². The Kier molecular flexibility index (Phi) is 17.7. The van der Waals surface area contributed by atoms with Crippen LogP contribution in [0.1, 0.15) is 52.7 Å². The summed E-state index contributed by atoms with van der Waals surface area (Å²) < 4.78 is 25.8. The molecule has 6 rings (SSSR count). The molecule has 10 heteroatoms. The first-order valence-corrected chi connectivity index (χ1v) is 21.8. The van der Waals surface area contributed by atoms with Gasteiger partial charge < -0.3 is 23.7 Å². The lowest BCUT2D eigenvalue weighted by Gasteiger charge is -2.12. The fourth-order valence-corrected chi connectivity index (χ4v) is 6.52. The van der Waals surface area contributed by atoms with E-state index in [0.29, 0.717) is 39.7 Å². The van der Waals surface area contributed by atoms with E-state index >= 15 is 0 Å². The second-order valence-corrected chi connectivity index (χ2v) is 15.9. The molecule has 0 aromatic heterocycles. The van der Waals surface area contributed by atoms with Gasteiger partial charge in [0, 0.05) is 22.3 Å². The number of ether oxygens (including phenoxy) is 5. The van der Waals surface area contributed by atoms with Crippen LogP contribution in [0.3, 0.4) is 0 Å². The molecule has 0 aliphatic heterocycles. The first kappa shape index (κ1) is 50.6. The third-order valence-corrected chi connectivity index (χ3v) is 10.3. The molecule has 10 nitrogen and oxygen atoms in total. The highest BCUT2D eigenvalue weighted by molar-refractivity contribution is 5.91. The quantitative estimate of drug-likeness (QED) is 0.0525. The van der Waals surface area contributed by atoms with Gasteiger partial charge in [0.15, 0.2) is 6.61 Å². The number of hydrogen-bond acceptors (Lipinski definition) is 10. The van der Waals surface area contributed by atoms with E-state index < -0.39 is 36.5 Å². The van der Waals surface area contributed by atoms with E-state index in [1.54, 1.807) is 69.3 Å². The van der Waals surface area contributed by atoms with Gasteiger partial charge in [-0.15, -0.1) is 0 Å². The van der Waals surface area contributed by atoms with Gasteiger partial charge in [0.05, 0.1) is 0 Å². The minimum absolute atomic E-state index is 0.214. The minimum Gasteiger partial charge on any atom is -0.450 e. The third kappa shape index (κ3) is 14.1. The summed E-state index contributed by atoms with van der Waals surface area (Å²) in [6.07, 6.45) is 1.69. The molecule has 0 saturated heterocycles. The Morgan fingerprint density at radius 1 is 0.368 bits per heavy atom. The lowest BCUT2D eigenvalue weighted by atomic mass is 9.93. The van der Waals surface area contributed by atoms with Crippen molar-refractivity contribution in [2.75, 3.05) is 6.61 Å². The number of esters is 5. The average Bonchev–Trinajstić information content (AvgIpc) is 3.33. The lowest BCUT2D eigenvalue weighted by molar-refractivity contribution is -0.150. The highest BCUT2D eigenvalue weighted by Gasteiger charge is 2.14. The van der Waals surface area contributed by atoms with Gasteiger partial charge in [-0.25, -0.2) is 24.0 Å². The number of aryl methyl sites for hydroxylation is 2. The van der Waals surface area contributed by atoms with Crippen LogP contribution in [0.2, 0.25) is 0 Å². The van der Waals surface area contributed by atoms with Crippen LogP contribution in [0, 0.1) is 0 Å². The van der Waals surface area contributed by atoms with Crippen molar-refractivity contribution >= 4 is 29.8 Å². The largest absolute Gasteiger partial charge is 0.450 e. The molecule has 0 aliphatic carbocycles. The van der Waals surface area contributed by atoms with Crippen LogP contribution < -0.4 is 18.9 Å². The van der Waals surface area contributed by atoms with Crippen molar-refractivity contribution in [3.05, 3.63) is 193 Å². The highest BCUT2D eigenvalue weighted by Crippen LogP contribution is 2.33. The van der Waals surface area contributed by atoms with Crippen molar-refractivity contribution in [2.45, 2.75) is 54.4 Å². The monoisotopic (exact) mass is 910 g/mol. The van der Waals surface area contributed by atoms with Crippen LogP contribution in [0.5, 0.6) is 23.0 Å². The first-order valence-electron chi connectivity index (χ1n) is 21.8. The van der Waals surface area contributed by atoms with Gasteiger partial charge in [-0.1, -0.05) is 125 Å². The van der Waals surface area contributed by atoms with E-state index in [-0.39, 0.29) is 5.57 Å². The maximum Gasteiger partial charge on any atom is 0.349 e. The molecule has 0 heterocycles. The SMILES string of the molecule is C=C(C)C(=O)OCC(=O)Oc1ccc(-c2ccc(-c3ccc(OC(=O)C(=C)C)cc3)c(CC)c2)cc1.C=C(C)C(=O)Oc1ccc(-c2ccc(-c3ccc(OC(=O)C(=C)C)cc3)c(CC)c2)cc1. The number of benzene rings is 6. The molecular weight excluding hydrogens is 857 g/mol. The summed E-state index contributed by atoms with van der Waals surface area (Å²) in [5.41, 5.74) is 12.0. The Morgan fingerprint density at radius 3 is 0.941 bits per heavy atom. The molecule has 0 radical (unpaired) electrons. The first-order chi connectivity index (χ1) is 32.5. The summed E-state index contributed by atoms with van der Waals surface area (Å²) in [7, 11) is 0. The summed E-state index contributed by atoms with van der Waals surface area (Å²) in [6.45, 7) is 24.3. The standard InChI is InChI=1S/C30H28O6.C28H26O4/c1-6-21-17-24(11-16-27(21)23-9-14-26(15-10-23)36-30(33)20(4)5)22-7-12-25(13-8-22)35-28(31)18-34-29(32)19(2)3;1-6-20-17-23(21-7-12-24(13-8-21)31-27(29)18(2)3)11-16-26(20)22-9-14-25(15-10-22)32-28(30)19(4)5/h7-17H,2,4,6,18H2,1,3,5H3;7-17H,2,4,6H2,1,3,5H3. The molecular formula is C58H54O10. The van der Waals surface area contributed by atoms with Crippen LogP contribution >= 0.6 is 0 Å². The fraction of sp³-hybridized carbons (Fsp3) is 0.155. The Balaban J connectivity index is 0.000000256.